The number of nitrogens with two attached hydrogens (primary N) is 1. The summed E-state index contributed by atoms with van der Waals surface area (Å²) in [4.78, 5) is 32.0. The van der Waals surface area contributed by atoms with Gasteiger partial charge in [0.05, 0.1) is 14.4 Å². The second-order valence-electron chi connectivity index (χ2n) is 4.69. The third-order valence-electron chi connectivity index (χ3n) is 3.13. The molecule has 1 aromatic heterocycles. The van der Waals surface area contributed by atoms with Gasteiger partial charge in [0, 0.05) is 6.07 Å². The van der Waals surface area contributed by atoms with Crippen LogP contribution in [0.15, 0.2) is 24.5 Å². The number of ether oxygens (including phenoxy) is 1. The molecule has 0 aliphatic carbocycles. The van der Waals surface area contributed by atoms with Crippen molar-refractivity contribution >= 4 is 13.7 Å². The molecule has 1 amide bonds. The fourth-order valence-electron chi connectivity index (χ4n) is 2.07. The van der Waals surface area contributed by atoms with Crippen molar-refractivity contribution in [2.24, 2.45) is 5.73 Å². The van der Waals surface area contributed by atoms with Crippen molar-refractivity contribution in [2.45, 2.75) is 24.5 Å². The number of aliphatic hydroxyl groups is 2. The largest absolute Gasteiger partial charge is 1.00 e. The number of carbonyl (C=O) groups is 1. The van der Waals surface area contributed by atoms with Gasteiger partial charge in [-0.2, -0.15) is 4.57 Å². The molecule has 4 atom stereocenters. The fourth-order valence-corrected chi connectivity index (χ4v) is 2.40. The first-order valence-electron chi connectivity index (χ1n) is 6.18. The summed E-state index contributed by atoms with van der Waals surface area (Å²) < 4.78 is 21.1. The molecule has 23 heavy (non-hydrogen) atoms. The van der Waals surface area contributed by atoms with Crippen LogP contribution in [-0.2, 0) is 13.8 Å². The monoisotopic (exact) mass is 372 g/mol. The van der Waals surface area contributed by atoms with Crippen molar-refractivity contribution < 1.29 is 94.6 Å². The first-order chi connectivity index (χ1) is 10.2. The molecule has 0 saturated carbocycles. The van der Waals surface area contributed by atoms with Crippen molar-refractivity contribution in [3.63, 3.8) is 0 Å². The normalized spacial score (nSPS) is 27.5. The second-order valence-corrected chi connectivity index (χ2v) is 5.85. The van der Waals surface area contributed by atoms with Gasteiger partial charge >= 0.3 is 51.4 Å². The van der Waals surface area contributed by atoms with Crippen LogP contribution in [-0.4, -0.2) is 41.0 Å². The Labute approximate surface area is 173 Å². The summed E-state index contributed by atoms with van der Waals surface area (Å²) in [5, 5.41) is 19.8. The van der Waals surface area contributed by atoms with Crippen molar-refractivity contribution in [1.82, 2.24) is 0 Å². The maximum absolute atomic E-state index is 11.1. The summed E-state index contributed by atoms with van der Waals surface area (Å²) in [6.45, 7) is -0.727. The van der Waals surface area contributed by atoms with Gasteiger partial charge in [-0.1, -0.05) is 0 Å². The van der Waals surface area contributed by atoms with Gasteiger partial charge in [0.15, 0.2) is 18.5 Å². The van der Waals surface area contributed by atoms with E-state index in [2.05, 4.69) is 4.52 Å². The molecule has 12 heteroatoms. The Hall–Kier alpha value is 0.246. The summed E-state index contributed by atoms with van der Waals surface area (Å²) in [6, 6.07) is 2.93. The molecule has 4 N–H and O–H groups in total. The Bertz CT molecular complexity index is 611. The molecule has 1 saturated heterocycles. The quantitative estimate of drug-likeness (QED) is 0.260. The SMILES string of the molecule is NC(=O)c1ccc[n+]([C@@H]2O[C@H](COP(=O)([O-])[O-])[C@@H](O)[C@H]2O)c1.[K+]. The number of hydrogen-bond donors (Lipinski definition) is 3. The van der Waals surface area contributed by atoms with E-state index in [1.165, 1.54) is 29.1 Å². The Balaban J connectivity index is 0.00000264. The first kappa shape index (κ1) is 21.3. The average molecular weight is 372 g/mol. The standard InChI is InChI=1S/C11H15N2O8P.K/c12-10(16)6-2-1-3-13(4-6)11-9(15)8(14)7(21-11)5-20-22(17,18)19;/h1-4,7-9,11,14-15H,5H2,(H3-,12,16,17,18,19);/q;+1/p-1/t7-,8-,9-,11-;/m1./s1. The molecule has 2 rings (SSSR count). The minimum Gasteiger partial charge on any atom is -0.790 e. The first-order valence-corrected chi connectivity index (χ1v) is 7.64. The van der Waals surface area contributed by atoms with Gasteiger partial charge in [0.1, 0.15) is 17.8 Å². The van der Waals surface area contributed by atoms with Gasteiger partial charge in [-0.05, 0) is 6.07 Å². The molecule has 0 aromatic carbocycles. The van der Waals surface area contributed by atoms with Gasteiger partial charge < -0.3 is 39.6 Å². The summed E-state index contributed by atoms with van der Waals surface area (Å²) in [6.07, 6.45) is -2.44. The van der Waals surface area contributed by atoms with Crippen molar-refractivity contribution in [2.75, 3.05) is 6.61 Å². The number of carbonyl (C=O) groups excluding carboxylic acids is 1. The predicted molar refractivity (Wildman–Crippen MR) is 64.6 cm³/mol. The Kier molecular flexibility index (Phi) is 7.93. The van der Waals surface area contributed by atoms with E-state index in [0.717, 1.165) is 0 Å². The molecule has 122 valence electrons. The zero-order valence-corrected chi connectivity index (χ0v) is 16.2. The Morgan fingerprint density at radius 1 is 1.43 bits per heavy atom. The zero-order valence-electron chi connectivity index (χ0n) is 12.1. The van der Waals surface area contributed by atoms with Gasteiger partial charge in [0.2, 0.25) is 0 Å². The number of aromatic nitrogens is 1. The van der Waals surface area contributed by atoms with E-state index in [1.54, 1.807) is 0 Å². The van der Waals surface area contributed by atoms with Crippen molar-refractivity contribution in [3.05, 3.63) is 30.1 Å². The molecule has 0 spiro atoms. The number of hydrogen-bond acceptors (Lipinski definition) is 8. The number of aliphatic hydroxyl groups excluding tert-OH is 2. The maximum atomic E-state index is 11.1. The third-order valence-corrected chi connectivity index (χ3v) is 3.60. The van der Waals surface area contributed by atoms with Crippen LogP contribution in [0.4, 0.5) is 0 Å². The van der Waals surface area contributed by atoms with Crippen LogP contribution in [0.25, 0.3) is 0 Å². The van der Waals surface area contributed by atoms with Gasteiger partial charge in [-0.15, -0.1) is 0 Å². The third kappa shape index (κ3) is 5.63. The summed E-state index contributed by atoms with van der Waals surface area (Å²) in [5.41, 5.74) is 5.29. The van der Waals surface area contributed by atoms with Crippen LogP contribution < -0.4 is 71.5 Å². The molecule has 1 aromatic rings. The number of pyridine rings is 1. The van der Waals surface area contributed by atoms with E-state index < -0.39 is 44.9 Å². The van der Waals surface area contributed by atoms with Crippen LogP contribution >= 0.6 is 7.82 Å². The fraction of sp³-hybridized carbons (Fsp3) is 0.455. The number of nitrogens with zero attached hydrogens (tertiary/aromatic N) is 1. The van der Waals surface area contributed by atoms with Gasteiger partial charge in [-0.25, -0.2) is 0 Å². The number of phosphoric acid groups is 1. The van der Waals surface area contributed by atoms with Gasteiger partial charge in [-0.3, -0.25) is 4.79 Å². The number of rotatable bonds is 5. The average Bonchev–Trinajstić information content (AvgIpc) is 2.72. The van der Waals surface area contributed by atoms with E-state index in [-0.39, 0.29) is 56.9 Å². The van der Waals surface area contributed by atoms with Crippen LogP contribution in [0.5, 0.6) is 0 Å². The molecule has 10 nitrogen and oxygen atoms in total. The van der Waals surface area contributed by atoms with Crippen LogP contribution in [0.2, 0.25) is 0 Å². The second kappa shape index (κ2) is 8.56. The van der Waals surface area contributed by atoms with Gasteiger partial charge in [0.25, 0.3) is 12.1 Å². The number of primary amides is 1. The Morgan fingerprint density at radius 3 is 2.65 bits per heavy atom. The van der Waals surface area contributed by atoms with Crippen LogP contribution in [0.1, 0.15) is 16.6 Å². The topological polar surface area (TPSA) is 169 Å². The zero-order chi connectivity index (χ0) is 16.5. The van der Waals surface area contributed by atoms with E-state index >= 15 is 0 Å². The molecule has 1 fully saturated rings. The molecule has 0 radical (unpaired) electrons. The molecular formula is C11H14KN2O8P. The van der Waals surface area contributed by atoms with Crippen LogP contribution in [0.3, 0.4) is 0 Å². The molecule has 2 heterocycles. The van der Waals surface area contributed by atoms with E-state index in [1.807, 2.05) is 0 Å². The molecular weight excluding hydrogens is 358 g/mol. The van der Waals surface area contributed by atoms with E-state index in [9.17, 15) is 29.4 Å². The number of amides is 1. The Morgan fingerprint density at radius 2 is 2.09 bits per heavy atom. The van der Waals surface area contributed by atoms with Crippen molar-refractivity contribution in [1.29, 1.82) is 0 Å². The van der Waals surface area contributed by atoms with Crippen molar-refractivity contribution in [3.8, 4) is 0 Å². The summed E-state index contributed by atoms with van der Waals surface area (Å²) >= 11 is 0. The smallest absolute Gasteiger partial charge is 0.790 e. The summed E-state index contributed by atoms with van der Waals surface area (Å²) in [7, 11) is -5.22. The molecule has 1 aliphatic heterocycles. The molecule has 1 aliphatic rings. The minimum atomic E-state index is -5.22. The van der Waals surface area contributed by atoms with E-state index in [0.29, 0.717) is 0 Å². The molecule has 0 unspecified atom stereocenters. The molecule has 0 bridgehead atoms. The number of phosphoric ester groups is 1. The maximum Gasteiger partial charge on any atom is 1.00 e. The summed E-state index contributed by atoms with van der Waals surface area (Å²) in [5.74, 6) is -0.694. The van der Waals surface area contributed by atoms with Crippen LogP contribution in [0, 0.1) is 0 Å². The minimum absolute atomic E-state index is 0. The predicted octanol–water partition coefficient (Wildman–Crippen LogP) is -6.46. The van der Waals surface area contributed by atoms with E-state index in [4.69, 9.17) is 10.5 Å².